The number of halogens is 2. The number of nitrogens with two attached hydrogens (primary N) is 1. The van der Waals surface area contributed by atoms with Crippen LogP contribution in [0.1, 0.15) is 21.5 Å². The third-order valence-corrected chi connectivity index (χ3v) is 5.47. The maximum Gasteiger partial charge on any atom is 0.248 e. The summed E-state index contributed by atoms with van der Waals surface area (Å²) in [5.41, 5.74) is 8.38. The summed E-state index contributed by atoms with van der Waals surface area (Å²) in [7, 11) is -1.65. The molecule has 0 aliphatic rings. The van der Waals surface area contributed by atoms with Crippen molar-refractivity contribution in [1.29, 1.82) is 0 Å². The van der Waals surface area contributed by atoms with Gasteiger partial charge >= 0.3 is 0 Å². The zero-order chi connectivity index (χ0) is 14.6. The van der Waals surface area contributed by atoms with Crippen LogP contribution in [0.15, 0.2) is 12.1 Å². The molecule has 0 saturated heterocycles. The lowest BCUT2D eigenvalue weighted by Crippen LogP contribution is -2.43. The van der Waals surface area contributed by atoms with E-state index in [1.54, 1.807) is 0 Å². The number of aryl methyl sites for hydroxylation is 2. The van der Waals surface area contributed by atoms with Gasteiger partial charge < -0.3 is 5.73 Å². The second kappa shape index (κ2) is 6.78. The Bertz CT molecular complexity index is 469. The third-order valence-electron chi connectivity index (χ3n) is 3.08. The van der Waals surface area contributed by atoms with Gasteiger partial charge in [0.2, 0.25) is 5.91 Å². The van der Waals surface area contributed by atoms with Crippen LogP contribution in [0, 0.1) is 0 Å². The minimum absolute atomic E-state index is 0.352. The summed E-state index contributed by atoms with van der Waals surface area (Å²) in [6.45, 7) is 6.64. The lowest BCUT2D eigenvalue weighted by atomic mass is 10.00. The Balaban J connectivity index is 3.51. The van der Waals surface area contributed by atoms with E-state index in [1.807, 2.05) is 6.07 Å². The predicted octanol–water partition coefficient (Wildman–Crippen LogP) is 2.89. The second-order valence-corrected chi connectivity index (χ2v) is 11.5. The first-order valence-corrected chi connectivity index (χ1v) is 11.0. The number of hydrogen-bond donors (Lipinski definition) is 1. The second-order valence-electron chi connectivity index (χ2n) is 5.67. The van der Waals surface area contributed by atoms with E-state index in [4.69, 9.17) is 28.9 Å². The molecule has 1 aromatic carbocycles. The van der Waals surface area contributed by atoms with Crippen molar-refractivity contribution in [3.05, 3.63) is 28.8 Å². The van der Waals surface area contributed by atoms with Gasteiger partial charge in [0.1, 0.15) is 0 Å². The largest absolute Gasteiger partial charge is 0.366 e. The summed E-state index contributed by atoms with van der Waals surface area (Å²) in [5.74, 6) is 0.701. The van der Waals surface area contributed by atoms with Gasteiger partial charge in [-0.2, -0.15) is 0 Å². The first kappa shape index (κ1) is 16.5. The number of hydrogen-bond acceptors (Lipinski definition) is 1. The van der Waals surface area contributed by atoms with Crippen LogP contribution in [-0.4, -0.2) is 25.7 Å². The normalized spacial score (nSPS) is 11.6. The van der Waals surface area contributed by atoms with E-state index in [1.165, 1.54) is 0 Å². The molecule has 106 valence electrons. The number of carbonyl (C=O) groups excluding carboxylic acids is 1. The van der Waals surface area contributed by atoms with Gasteiger partial charge in [0.05, 0.1) is 8.07 Å². The van der Waals surface area contributed by atoms with E-state index in [0.717, 1.165) is 22.7 Å². The van der Waals surface area contributed by atoms with Crippen molar-refractivity contribution >= 4 is 42.4 Å². The van der Waals surface area contributed by atoms with Crippen LogP contribution < -0.4 is 10.9 Å². The SMILES string of the molecule is C[Si](C)(C)c1cc(CCCl)cc(CCCl)c1C(N)=O. The molecule has 1 amide bonds. The lowest BCUT2D eigenvalue weighted by Gasteiger charge is -2.23. The molecule has 1 rings (SSSR count). The van der Waals surface area contributed by atoms with Crippen molar-refractivity contribution in [3.63, 3.8) is 0 Å². The smallest absolute Gasteiger partial charge is 0.248 e. The Morgan fingerprint density at radius 1 is 1.16 bits per heavy atom. The molecule has 0 heterocycles. The molecule has 0 aliphatic carbocycles. The molecule has 2 N–H and O–H groups in total. The van der Waals surface area contributed by atoms with Crippen molar-refractivity contribution < 1.29 is 4.79 Å². The fraction of sp³-hybridized carbons (Fsp3) is 0.500. The summed E-state index contributed by atoms with van der Waals surface area (Å²) >= 11 is 11.7. The molecule has 1 aromatic rings. The lowest BCUT2D eigenvalue weighted by molar-refractivity contribution is 0.100. The highest BCUT2D eigenvalue weighted by Crippen LogP contribution is 2.17. The van der Waals surface area contributed by atoms with Crippen LogP contribution >= 0.6 is 23.2 Å². The maximum absolute atomic E-state index is 11.8. The van der Waals surface area contributed by atoms with E-state index in [2.05, 4.69) is 25.7 Å². The third kappa shape index (κ3) is 4.23. The minimum atomic E-state index is -1.65. The highest BCUT2D eigenvalue weighted by atomic mass is 35.5. The zero-order valence-electron chi connectivity index (χ0n) is 11.7. The highest BCUT2D eigenvalue weighted by Gasteiger charge is 2.25. The van der Waals surface area contributed by atoms with Gasteiger partial charge in [-0.05, 0) is 29.2 Å². The van der Waals surface area contributed by atoms with Crippen molar-refractivity contribution in [2.45, 2.75) is 32.5 Å². The Hall–Kier alpha value is -0.513. The number of benzene rings is 1. The summed E-state index contributed by atoms with van der Waals surface area (Å²) in [5, 5.41) is 1.11. The standard InChI is InChI=1S/C14H21Cl2NOSi/c1-19(2,3)12-9-10(4-6-15)8-11(5-7-16)13(12)14(17)18/h8-9H,4-7H2,1-3H3,(H2,17,18). The Morgan fingerprint density at radius 3 is 2.16 bits per heavy atom. The van der Waals surface area contributed by atoms with Crippen LogP contribution in [0.5, 0.6) is 0 Å². The van der Waals surface area contributed by atoms with Crippen molar-refractivity contribution in [1.82, 2.24) is 0 Å². The van der Waals surface area contributed by atoms with Crippen LogP contribution in [0.3, 0.4) is 0 Å². The maximum atomic E-state index is 11.8. The predicted molar refractivity (Wildman–Crippen MR) is 86.8 cm³/mol. The molecule has 0 fully saturated rings. The Morgan fingerprint density at radius 2 is 1.74 bits per heavy atom. The number of amides is 1. The van der Waals surface area contributed by atoms with E-state index in [0.29, 0.717) is 23.7 Å². The minimum Gasteiger partial charge on any atom is -0.366 e. The zero-order valence-corrected chi connectivity index (χ0v) is 14.2. The molecule has 0 unspecified atom stereocenters. The molecular formula is C14H21Cl2NOSi. The van der Waals surface area contributed by atoms with Crippen LogP contribution in [0.25, 0.3) is 0 Å². The summed E-state index contributed by atoms with van der Waals surface area (Å²) in [4.78, 5) is 11.8. The molecule has 0 radical (unpaired) electrons. The van der Waals surface area contributed by atoms with Gasteiger partial charge in [-0.25, -0.2) is 0 Å². The van der Waals surface area contributed by atoms with Crippen molar-refractivity contribution in [2.24, 2.45) is 5.73 Å². The monoisotopic (exact) mass is 317 g/mol. The molecule has 5 heteroatoms. The molecule has 19 heavy (non-hydrogen) atoms. The van der Waals surface area contributed by atoms with Crippen LogP contribution in [0.2, 0.25) is 19.6 Å². The number of rotatable bonds is 6. The quantitative estimate of drug-likeness (QED) is 0.636. The fourth-order valence-corrected chi connectivity index (χ4v) is 4.28. The van der Waals surface area contributed by atoms with E-state index in [-0.39, 0.29) is 5.91 Å². The number of alkyl halides is 2. The van der Waals surface area contributed by atoms with Gasteiger partial charge in [-0.1, -0.05) is 31.8 Å². The molecule has 2 nitrogen and oxygen atoms in total. The van der Waals surface area contributed by atoms with Gasteiger partial charge in [-0.3, -0.25) is 4.79 Å². The highest BCUT2D eigenvalue weighted by molar-refractivity contribution is 6.89. The van der Waals surface area contributed by atoms with E-state index < -0.39 is 8.07 Å². The van der Waals surface area contributed by atoms with Gasteiger partial charge in [0.15, 0.2) is 0 Å². The first-order valence-electron chi connectivity index (χ1n) is 6.39. The van der Waals surface area contributed by atoms with Crippen molar-refractivity contribution in [3.8, 4) is 0 Å². The van der Waals surface area contributed by atoms with Crippen molar-refractivity contribution in [2.75, 3.05) is 11.8 Å². The number of carbonyl (C=O) groups is 1. The number of primary amides is 1. The van der Waals surface area contributed by atoms with Crippen LogP contribution in [-0.2, 0) is 12.8 Å². The molecule has 0 aromatic heterocycles. The average Bonchev–Trinajstić information content (AvgIpc) is 2.27. The average molecular weight is 318 g/mol. The van der Waals surface area contributed by atoms with Gasteiger partial charge in [-0.15, -0.1) is 23.2 Å². The molecule has 0 spiro atoms. The first-order chi connectivity index (χ1) is 8.81. The molecular weight excluding hydrogens is 297 g/mol. The van der Waals surface area contributed by atoms with Crippen LogP contribution in [0.4, 0.5) is 0 Å². The van der Waals surface area contributed by atoms with E-state index >= 15 is 0 Å². The van der Waals surface area contributed by atoms with Gasteiger partial charge in [0, 0.05) is 17.3 Å². The molecule has 0 aliphatic heterocycles. The summed E-state index contributed by atoms with van der Waals surface area (Å²) in [6.07, 6.45) is 1.46. The topological polar surface area (TPSA) is 43.1 Å². The molecule has 0 saturated carbocycles. The fourth-order valence-electron chi connectivity index (χ4n) is 2.20. The molecule has 0 bridgehead atoms. The van der Waals surface area contributed by atoms with E-state index in [9.17, 15) is 4.79 Å². The summed E-state index contributed by atoms with van der Waals surface area (Å²) < 4.78 is 0. The Kier molecular flexibility index (Phi) is 5.90. The molecule has 0 atom stereocenters. The summed E-state index contributed by atoms with van der Waals surface area (Å²) in [6, 6.07) is 4.13. The van der Waals surface area contributed by atoms with Gasteiger partial charge in [0.25, 0.3) is 0 Å². The Labute approximate surface area is 126 Å².